The lowest BCUT2D eigenvalue weighted by molar-refractivity contribution is -0.163. The second-order valence-corrected chi connectivity index (χ2v) is 12.5. The van der Waals surface area contributed by atoms with E-state index in [1.165, 1.54) is 135 Å². The van der Waals surface area contributed by atoms with E-state index in [0.717, 1.165) is 32.1 Å². The van der Waals surface area contributed by atoms with Crippen molar-refractivity contribution in [3.05, 3.63) is 0 Å². The predicted molar refractivity (Wildman–Crippen MR) is 178 cm³/mol. The molecular formula is C37H72O5. The minimum absolute atomic E-state index is 0.0943. The third kappa shape index (κ3) is 31.8. The summed E-state index contributed by atoms with van der Waals surface area (Å²) in [5.41, 5.74) is 0. The number of hydrogen-bond acceptors (Lipinski definition) is 5. The monoisotopic (exact) mass is 597 g/mol. The van der Waals surface area contributed by atoms with Crippen LogP contribution in [0.15, 0.2) is 0 Å². The van der Waals surface area contributed by atoms with E-state index in [4.69, 9.17) is 14.2 Å². The Balaban J connectivity index is 4.15. The molecule has 0 rings (SSSR count). The molecule has 0 saturated heterocycles. The highest BCUT2D eigenvalue weighted by Crippen LogP contribution is 2.13. The molecule has 0 bridgehead atoms. The third-order valence-corrected chi connectivity index (χ3v) is 8.14. The molecule has 0 aromatic heterocycles. The van der Waals surface area contributed by atoms with E-state index < -0.39 is 6.10 Å². The van der Waals surface area contributed by atoms with Gasteiger partial charge < -0.3 is 14.2 Å². The Hall–Kier alpha value is -1.10. The zero-order valence-electron chi connectivity index (χ0n) is 28.5. The fourth-order valence-electron chi connectivity index (χ4n) is 5.33. The predicted octanol–water partition coefficient (Wildman–Crippen LogP) is 11.4. The molecule has 0 N–H and O–H groups in total. The van der Waals surface area contributed by atoms with Gasteiger partial charge in [0, 0.05) is 19.4 Å². The van der Waals surface area contributed by atoms with Gasteiger partial charge in [0.2, 0.25) is 0 Å². The second kappa shape index (κ2) is 34.4. The van der Waals surface area contributed by atoms with Crippen molar-refractivity contribution in [2.45, 2.75) is 207 Å². The van der Waals surface area contributed by atoms with E-state index in [2.05, 4.69) is 20.8 Å². The van der Waals surface area contributed by atoms with Gasteiger partial charge in [-0.25, -0.2) is 0 Å². The Kier molecular flexibility index (Phi) is 33.5. The van der Waals surface area contributed by atoms with Crippen LogP contribution in [-0.4, -0.2) is 37.9 Å². The standard InChI is InChI=1S/C37H72O5/c1-4-7-10-13-16-18-19-20-22-24-27-30-36(38)41-34-35(33-40-32-29-26-23-17-14-11-8-5-2)42-37(39)31-28-25-21-15-12-9-6-3/h35H,4-34H2,1-3H3. The van der Waals surface area contributed by atoms with E-state index in [1.54, 1.807) is 0 Å². The molecule has 0 fully saturated rings. The average Bonchev–Trinajstić information content (AvgIpc) is 2.99. The second-order valence-electron chi connectivity index (χ2n) is 12.5. The number of esters is 2. The Bertz CT molecular complexity index is 564. The summed E-state index contributed by atoms with van der Waals surface area (Å²) < 4.78 is 17.1. The van der Waals surface area contributed by atoms with Gasteiger partial charge in [0.1, 0.15) is 6.61 Å². The lowest BCUT2D eigenvalue weighted by Gasteiger charge is -2.18. The van der Waals surface area contributed by atoms with Crippen LogP contribution in [0.1, 0.15) is 201 Å². The van der Waals surface area contributed by atoms with Gasteiger partial charge in [0.25, 0.3) is 0 Å². The molecular weight excluding hydrogens is 524 g/mol. The Morgan fingerprint density at radius 3 is 1.21 bits per heavy atom. The molecule has 0 spiro atoms. The van der Waals surface area contributed by atoms with E-state index >= 15 is 0 Å². The van der Waals surface area contributed by atoms with Gasteiger partial charge in [-0.1, -0.05) is 168 Å². The van der Waals surface area contributed by atoms with E-state index in [9.17, 15) is 9.59 Å². The van der Waals surface area contributed by atoms with Crippen LogP contribution in [-0.2, 0) is 23.8 Å². The molecule has 0 heterocycles. The van der Waals surface area contributed by atoms with Gasteiger partial charge in [0.15, 0.2) is 6.10 Å². The summed E-state index contributed by atoms with van der Waals surface area (Å²) in [4.78, 5) is 24.8. The molecule has 0 amide bonds. The molecule has 0 aromatic rings. The highest BCUT2D eigenvalue weighted by atomic mass is 16.6. The molecule has 1 atom stereocenters. The fraction of sp³-hybridized carbons (Fsp3) is 0.946. The number of ether oxygens (including phenoxy) is 3. The first-order valence-electron chi connectivity index (χ1n) is 18.6. The van der Waals surface area contributed by atoms with Gasteiger partial charge in [-0.2, -0.15) is 0 Å². The first-order valence-corrected chi connectivity index (χ1v) is 18.6. The molecule has 0 aliphatic heterocycles. The maximum absolute atomic E-state index is 12.5. The van der Waals surface area contributed by atoms with E-state index in [0.29, 0.717) is 26.1 Å². The summed E-state index contributed by atoms with van der Waals surface area (Å²) in [7, 11) is 0. The highest BCUT2D eigenvalue weighted by Gasteiger charge is 2.17. The first-order chi connectivity index (χ1) is 20.6. The van der Waals surface area contributed by atoms with Crippen molar-refractivity contribution in [3.63, 3.8) is 0 Å². The fourth-order valence-corrected chi connectivity index (χ4v) is 5.33. The van der Waals surface area contributed by atoms with E-state index in [-0.39, 0.29) is 18.5 Å². The van der Waals surface area contributed by atoms with Crippen molar-refractivity contribution in [3.8, 4) is 0 Å². The van der Waals surface area contributed by atoms with Crippen LogP contribution >= 0.6 is 0 Å². The molecule has 5 nitrogen and oxygen atoms in total. The molecule has 5 heteroatoms. The van der Waals surface area contributed by atoms with Crippen LogP contribution < -0.4 is 0 Å². The summed E-state index contributed by atoms with van der Waals surface area (Å²) in [5.74, 6) is -0.396. The molecule has 0 aliphatic rings. The maximum atomic E-state index is 12.5. The quantitative estimate of drug-likeness (QED) is 0.0546. The zero-order valence-corrected chi connectivity index (χ0v) is 28.5. The summed E-state index contributed by atoms with van der Waals surface area (Å²) in [6.07, 6.45) is 32.4. The number of carbonyl (C=O) groups excluding carboxylic acids is 2. The van der Waals surface area contributed by atoms with Crippen LogP contribution in [0.25, 0.3) is 0 Å². The maximum Gasteiger partial charge on any atom is 0.306 e. The van der Waals surface area contributed by atoms with Crippen molar-refractivity contribution in [1.82, 2.24) is 0 Å². The minimum atomic E-state index is -0.516. The van der Waals surface area contributed by atoms with Crippen LogP contribution in [0.5, 0.6) is 0 Å². The van der Waals surface area contributed by atoms with Gasteiger partial charge in [0.05, 0.1) is 6.61 Å². The number of unbranched alkanes of at least 4 members (excludes halogenated alkanes) is 23. The summed E-state index contributed by atoms with van der Waals surface area (Å²) in [5, 5.41) is 0. The SMILES string of the molecule is CCCCCCCCCCCCCC(=O)OCC(COCCCCCCCCCC)OC(=O)CCCCCCCCC. The van der Waals surface area contributed by atoms with Crippen LogP contribution in [0.3, 0.4) is 0 Å². The smallest absolute Gasteiger partial charge is 0.306 e. The van der Waals surface area contributed by atoms with Crippen molar-refractivity contribution in [1.29, 1.82) is 0 Å². The molecule has 0 saturated carbocycles. The Labute approximate surface area is 262 Å². The van der Waals surface area contributed by atoms with Crippen LogP contribution in [0.2, 0.25) is 0 Å². The average molecular weight is 597 g/mol. The largest absolute Gasteiger partial charge is 0.462 e. The highest BCUT2D eigenvalue weighted by molar-refractivity contribution is 5.70. The van der Waals surface area contributed by atoms with Crippen molar-refractivity contribution in [2.75, 3.05) is 19.8 Å². The minimum Gasteiger partial charge on any atom is -0.462 e. The van der Waals surface area contributed by atoms with Gasteiger partial charge in [-0.15, -0.1) is 0 Å². The lowest BCUT2D eigenvalue weighted by Crippen LogP contribution is -2.30. The number of hydrogen-bond donors (Lipinski definition) is 0. The van der Waals surface area contributed by atoms with Crippen molar-refractivity contribution < 1.29 is 23.8 Å². The van der Waals surface area contributed by atoms with Gasteiger partial charge in [-0.05, 0) is 19.3 Å². The molecule has 0 aromatic carbocycles. The van der Waals surface area contributed by atoms with Crippen LogP contribution in [0.4, 0.5) is 0 Å². The van der Waals surface area contributed by atoms with Crippen molar-refractivity contribution in [2.24, 2.45) is 0 Å². The van der Waals surface area contributed by atoms with Gasteiger partial charge >= 0.3 is 11.9 Å². The molecule has 0 radical (unpaired) electrons. The topological polar surface area (TPSA) is 61.8 Å². The molecule has 1 unspecified atom stereocenters. The summed E-state index contributed by atoms with van der Waals surface area (Å²) >= 11 is 0. The molecule has 42 heavy (non-hydrogen) atoms. The Morgan fingerprint density at radius 2 is 0.786 bits per heavy atom. The lowest BCUT2D eigenvalue weighted by atomic mass is 10.1. The summed E-state index contributed by atoms with van der Waals surface area (Å²) in [6.45, 7) is 7.78. The first kappa shape index (κ1) is 40.9. The number of rotatable bonds is 34. The molecule has 0 aliphatic carbocycles. The summed E-state index contributed by atoms with van der Waals surface area (Å²) in [6, 6.07) is 0. The zero-order chi connectivity index (χ0) is 30.8. The van der Waals surface area contributed by atoms with Crippen LogP contribution in [0, 0.1) is 0 Å². The van der Waals surface area contributed by atoms with Gasteiger partial charge in [-0.3, -0.25) is 9.59 Å². The Morgan fingerprint density at radius 1 is 0.429 bits per heavy atom. The van der Waals surface area contributed by atoms with E-state index in [1.807, 2.05) is 0 Å². The molecule has 250 valence electrons. The number of carbonyl (C=O) groups is 2. The normalized spacial score (nSPS) is 12.0. The van der Waals surface area contributed by atoms with Crippen molar-refractivity contribution >= 4 is 11.9 Å². The third-order valence-electron chi connectivity index (χ3n) is 8.14.